The number of hydrogen-bond acceptors (Lipinski definition) is 2. The molecule has 2 atom stereocenters. The van der Waals surface area contributed by atoms with E-state index in [1.807, 2.05) is 7.05 Å². The average Bonchev–Trinajstić information content (AvgIpc) is 2.58. The fourth-order valence-corrected chi connectivity index (χ4v) is 3.32. The van der Waals surface area contributed by atoms with Crippen LogP contribution in [0.4, 0.5) is 0 Å². The summed E-state index contributed by atoms with van der Waals surface area (Å²) in [6.07, 6.45) is 3.74. The van der Waals surface area contributed by atoms with Crippen LogP contribution < -0.4 is 10.7 Å². The quantitative estimate of drug-likeness (QED) is 0.544. The van der Waals surface area contributed by atoms with Gasteiger partial charge in [0.15, 0.2) is 5.11 Å². The molecule has 0 spiro atoms. The summed E-state index contributed by atoms with van der Waals surface area (Å²) >= 11 is 5.04. The van der Waals surface area contributed by atoms with Gasteiger partial charge in [0.25, 0.3) is 0 Å². The predicted molar refractivity (Wildman–Crippen MR) is 71.5 cm³/mol. The molecule has 2 bridgehead atoms. The summed E-state index contributed by atoms with van der Waals surface area (Å²) in [6.45, 7) is 7.11. The van der Waals surface area contributed by atoms with E-state index in [1.165, 1.54) is 18.6 Å². The molecule has 4 heteroatoms. The van der Waals surface area contributed by atoms with Gasteiger partial charge in [-0.25, -0.2) is 0 Å². The zero-order valence-electron chi connectivity index (χ0n) is 10.6. The van der Waals surface area contributed by atoms with Gasteiger partial charge in [0.05, 0.1) is 0 Å². The minimum atomic E-state index is 0.258. The van der Waals surface area contributed by atoms with Gasteiger partial charge >= 0.3 is 0 Å². The fraction of sp³-hybridized carbons (Fsp3) is 0.833. The number of fused-ring (bicyclic) bond motifs is 2. The summed E-state index contributed by atoms with van der Waals surface area (Å²) in [4.78, 5) is 0. The molecule has 0 aromatic rings. The minimum absolute atomic E-state index is 0.258. The van der Waals surface area contributed by atoms with E-state index in [-0.39, 0.29) is 5.41 Å². The summed E-state index contributed by atoms with van der Waals surface area (Å²) in [5, 5.41) is 7.98. The van der Waals surface area contributed by atoms with Crippen LogP contribution in [-0.4, -0.2) is 17.9 Å². The Hall–Kier alpha value is -0.640. The van der Waals surface area contributed by atoms with E-state index in [1.54, 1.807) is 0 Å². The molecule has 3 nitrogen and oxygen atoms in total. The SMILES string of the molecule is CNC(=S)N/N=C1/C[C@@H]2CC[C@@]1(C)C2(C)C. The summed E-state index contributed by atoms with van der Waals surface area (Å²) in [6, 6.07) is 0. The molecule has 2 N–H and O–H groups in total. The Morgan fingerprint density at radius 2 is 2.12 bits per heavy atom. The van der Waals surface area contributed by atoms with E-state index in [2.05, 4.69) is 36.6 Å². The molecule has 0 aliphatic heterocycles. The van der Waals surface area contributed by atoms with E-state index >= 15 is 0 Å². The minimum Gasteiger partial charge on any atom is -0.364 e. The van der Waals surface area contributed by atoms with Crippen molar-refractivity contribution < 1.29 is 0 Å². The first-order valence-corrected chi connectivity index (χ1v) is 6.37. The van der Waals surface area contributed by atoms with Gasteiger partial charge < -0.3 is 5.32 Å². The van der Waals surface area contributed by atoms with Crippen molar-refractivity contribution in [2.45, 2.75) is 40.0 Å². The molecule has 0 aromatic carbocycles. The molecule has 16 heavy (non-hydrogen) atoms. The Morgan fingerprint density at radius 3 is 2.56 bits per heavy atom. The summed E-state index contributed by atoms with van der Waals surface area (Å²) < 4.78 is 0. The van der Waals surface area contributed by atoms with Crippen LogP contribution in [0.1, 0.15) is 40.0 Å². The Labute approximate surface area is 103 Å². The Bertz CT molecular complexity index is 348. The zero-order valence-corrected chi connectivity index (χ0v) is 11.4. The molecule has 2 rings (SSSR count). The van der Waals surface area contributed by atoms with Gasteiger partial charge in [-0.2, -0.15) is 5.10 Å². The van der Waals surface area contributed by atoms with Crippen LogP contribution in [0.3, 0.4) is 0 Å². The second-order valence-corrected chi connectivity index (χ2v) is 6.15. The van der Waals surface area contributed by atoms with Crippen molar-refractivity contribution in [1.82, 2.24) is 10.7 Å². The Kier molecular flexibility index (Phi) is 2.73. The fourth-order valence-electron chi connectivity index (χ4n) is 3.27. The summed E-state index contributed by atoms with van der Waals surface area (Å²) in [5.41, 5.74) is 4.87. The second kappa shape index (κ2) is 3.69. The molecule has 2 aliphatic carbocycles. The van der Waals surface area contributed by atoms with Crippen molar-refractivity contribution in [3.8, 4) is 0 Å². The summed E-state index contributed by atoms with van der Waals surface area (Å²) in [5.74, 6) is 0.793. The lowest BCUT2D eigenvalue weighted by Crippen LogP contribution is -2.35. The zero-order chi connectivity index (χ0) is 12.0. The number of hydrogen-bond donors (Lipinski definition) is 2. The highest BCUT2D eigenvalue weighted by atomic mass is 32.1. The van der Waals surface area contributed by atoms with Crippen LogP contribution in [0.2, 0.25) is 0 Å². The highest BCUT2D eigenvalue weighted by molar-refractivity contribution is 7.80. The van der Waals surface area contributed by atoms with Gasteiger partial charge in [-0.15, -0.1) is 0 Å². The molecule has 0 heterocycles. The van der Waals surface area contributed by atoms with E-state index in [0.29, 0.717) is 10.5 Å². The van der Waals surface area contributed by atoms with Crippen molar-refractivity contribution in [2.75, 3.05) is 7.05 Å². The topological polar surface area (TPSA) is 36.4 Å². The van der Waals surface area contributed by atoms with Gasteiger partial charge in [-0.05, 0) is 42.8 Å². The third-order valence-electron chi connectivity index (χ3n) is 5.03. The molecule has 2 saturated carbocycles. The lowest BCUT2D eigenvalue weighted by molar-refractivity contribution is 0.193. The van der Waals surface area contributed by atoms with Crippen molar-refractivity contribution in [2.24, 2.45) is 21.8 Å². The van der Waals surface area contributed by atoms with Crippen molar-refractivity contribution >= 4 is 23.0 Å². The highest BCUT2D eigenvalue weighted by Gasteiger charge is 2.59. The first kappa shape index (κ1) is 11.8. The Morgan fingerprint density at radius 1 is 1.44 bits per heavy atom. The molecule has 0 amide bonds. The van der Waals surface area contributed by atoms with Gasteiger partial charge in [0.2, 0.25) is 0 Å². The lowest BCUT2D eigenvalue weighted by Gasteiger charge is -2.34. The molecule has 0 unspecified atom stereocenters. The molecule has 2 aliphatic rings. The number of thiocarbonyl (C=S) groups is 1. The maximum Gasteiger partial charge on any atom is 0.186 e. The monoisotopic (exact) mass is 239 g/mol. The maximum absolute atomic E-state index is 5.04. The number of nitrogens with zero attached hydrogens (tertiary/aromatic N) is 1. The molecular weight excluding hydrogens is 218 g/mol. The van der Waals surface area contributed by atoms with Crippen LogP contribution in [0.15, 0.2) is 5.10 Å². The smallest absolute Gasteiger partial charge is 0.186 e. The van der Waals surface area contributed by atoms with Crippen molar-refractivity contribution in [3.63, 3.8) is 0 Å². The number of hydrazone groups is 1. The van der Waals surface area contributed by atoms with Gasteiger partial charge in [0, 0.05) is 18.2 Å². The van der Waals surface area contributed by atoms with Gasteiger partial charge in [0.1, 0.15) is 0 Å². The van der Waals surface area contributed by atoms with E-state index in [0.717, 1.165) is 12.3 Å². The second-order valence-electron chi connectivity index (χ2n) is 5.74. The Balaban J connectivity index is 2.18. The van der Waals surface area contributed by atoms with E-state index < -0.39 is 0 Å². The molecule has 2 fully saturated rings. The summed E-state index contributed by atoms with van der Waals surface area (Å²) in [7, 11) is 1.81. The first-order valence-electron chi connectivity index (χ1n) is 5.96. The molecular formula is C12H21N3S. The molecule has 0 saturated heterocycles. The van der Waals surface area contributed by atoms with Gasteiger partial charge in [-0.3, -0.25) is 5.43 Å². The third-order valence-corrected chi connectivity index (χ3v) is 5.33. The standard InChI is InChI=1S/C12H21N3S/c1-11(2)8-5-6-12(11,3)9(7-8)14-15-10(16)13-4/h8H,5-7H2,1-4H3,(H2,13,15,16)/b14-9-/t8-,12+/m0/s1. The average molecular weight is 239 g/mol. The molecule has 90 valence electrons. The largest absolute Gasteiger partial charge is 0.364 e. The van der Waals surface area contributed by atoms with Gasteiger partial charge in [-0.1, -0.05) is 20.8 Å². The van der Waals surface area contributed by atoms with E-state index in [9.17, 15) is 0 Å². The molecule has 0 radical (unpaired) electrons. The van der Waals surface area contributed by atoms with Crippen LogP contribution in [-0.2, 0) is 0 Å². The molecule has 0 aromatic heterocycles. The third kappa shape index (κ3) is 1.46. The van der Waals surface area contributed by atoms with E-state index in [4.69, 9.17) is 12.2 Å². The van der Waals surface area contributed by atoms with Crippen LogP contribution in [0.5, 0.6) is 0 Å². The lowest BCUT2D eigenvalue weighted by atomic mass is 9.70. The first-order chi connectivity index (χ1) is 7.41. The highest BCUT2D eigenvalue weighted by Crippen LogP contribution is 2.63. The van der Waals surface area contributed by atoms with Crippen LogP contribution in [0, 0.1) is 16.7 Å². The number of rotatable bonds is 1. The van der Waals surface area contributed by atoms with Crippen LogP contribution in [0.25, 0.3) is 0 Å². The number of nitrogens with one attached hydrogen (secondary N) is 2. The van der Waals surface area contributed by atoms with Crippen LogP contribution >= 0.6 is 12.2 Å². The maximum atomic E-state index is 5.04. The normalized spacial score (nSPS) is 37.8. The predicted octanol–water partition coefficient (Wildman–Crippen LogP) is 2.28. The van der Waals surface area contributed by atoms with Crippen molar-refractivity contribution in [1.29, 1.82) is 0 Å². The van der Waals surface area contributed by atoms with Crippen molar-refractivity contribution in [3.05, 3.63) is 0 Å².